The predicted molar refractivity (Wildman–Crippen MR) is 69.5 cm³/mol. The van der Waals surface area contributed by atoms with E-state index in [1.165, 1.54) is 5.56 Å². The fraction of sp³-hybridized carbons (Fsp3) is 0.286. The van der Waals surface area contributed by atoms with Crippen molar-refractivity contribution in [2.24, 2.45) is 0 Å². The third-order valence-corrected chi connectivity index (χ3v) is 2.95. The maximum absolute atomic E-state index is 5.68. The molecule has 1 aliphatic rings. The van der Waals surface area contributed by atoms with E-state index in [0.29, 0.717) is 0 Å². The number of benzene rings is 1. The quantitative estimate of drug-likeness (QED) is 0.890. The molecule has 1 aliphatic heterocycles. The van der Waals surface area contributed by atoms with Gasteiger partial charge in [0.1, 0.15) is 6.10 Å². The van der Waals surface area contributed by atoms with E-state index in [-0.39, 0.29) is 6.10 Å². The van der Waals surface area contributed by atoms with Crippen molar-refractivity contribution in [3.8, 4) is 17.1 Å². The lowest BCUT2D eigenvalue weighted by Crippen LogP contribution is -2.50. The molecule has 4 heteroatoms. The number of nitrogens with zero attached hydrogens (tertiary/aromatic N) is 2. The zero-order valence-electron chi connectivity index (χ0n) is 10.3. The van der Waals surface area contributed by atoms with Gasteiger partial charge in [-0.2, -0.15) is 0 Å². The SMILES string of the molecule is Cc1cccc(-c2ncc(OC3CNC3)cn2)c1. The van der Waals surface area contributed by atoms with Gasteiger partial charge in [-0.3, -0.25) is 0 Å². The van der Waals surface area contributed by atoms with Crippen molar-refractivity contribution in [1.29, 1.82) is 0 Å². The molecule has 92 valence electrons. The summed E-state index contributed by atoms with van der Waals surface area (Å²) in [6, 6.07) is 8.16. The standard InChI is InChI=1S/C14H15N3O/c1-10-3-2-4-11(5-10)14-16-8-13(9-17-14)18-12-6-15-7-12/h2-5,8-9,12,15H,6-7H2,1H3. The van der Waals surface area contributed by atoms with Gasteiger partial charge in [0.05, 0.1) is 12.4 Å². The van der Waals surface area contributed by atoms with Crippen molar-refractivity contribution in [3.63, 3.8) is 0 Å². The molecule has 0 bridgehead atoms. The Balaban J connectivity index is 1.77. The highest BCUT2D eigenvalue weighted by molar-refractivity contribution is 5.55. The van der Waals surface area contributed by atoms with Gasteiger partial charge >= 0.3 is 0 Å². The van der Waals surface area contributed by atoms with E-state index >= 15 is 0 Å². The fourth-order valence-electron chi connectivity index (χ4n) is 1.85. The molecule has 4 nitrogen and oxygen atoms in total. The molecule has 0 radical (unpaired) electrons. The highest BCUT2D eigenvalue weighted by Gasteiger charge is 2.18. The van der Waals surface area contributed by atoms with Crippen molar-refractivity contribution in [3.05, 3.63) is 42.2 Å². The largest absolute Gasteiger partial charge is 0.485 e. The highest BCUT2D eigenvalue weighted by atomic mass is 16.5. The zero-order valence-corrected chi connectivity index (χ0v) is 10.3. The normalized spacial score (nSPS) is 15.2. The Morgan fingerprint density at radius 3 is 2.61 bits per heavy atom. The van der Waals surface area contributed by atoms with Gasteiger partial charge in [0, 0.05) is 18.7 Å². The number of rotatable bonds is 3. The van der Waals surface area contributed by atoms with E-state index in [1.807, 2.05) is 12.1 Å². The number of aryl methyl sites for hydroxylation is 1. The van der Waals surface area contributed by atoms with Crippen LogP contribution in [0.2, 0.25) is 0 Å². The summed E-state index contributed by atoms with van der Waals surface area (Å²) in [6.45, 7) is 3.86. The first-order chi connectivity index (χ1) is 8.81. The van der Waals surface area contributed by atoms with Gasteiger partial charge in [0.2, 0.25) is 0 Å². The molecule has 18 heavy (non-hydrogen) atoms. The molecule has 0 spiro atoms. The average molecular weight is 241 g/mol. The first kappa shape index (κ1) is 11.2. The molecule has 2 aromatic rings. The number of hydrogen-bond acceptors (Lipinski definition) is 4. The van der Waals surface area contributed by atoms with Crippen molar-refractivity contribution < 1.29 is 4.74 Å². The van der Waals surface area contributed by atoms with E-state index in [9.17, 15) is 0 Å². The minimum Gasteiger partial charge on any atom is -0.485 e. The van der Waals surface area contributed by atoms with Crippen LogP contribution in [0.1, 0.15) is 5.56 Å². The molecule has 1 aromatic heterocycles. The van der Waals surface area contributed by atoms with Gasteiger partial charge in [-0.05, 0) is 13.0 Å². The third kappa shape index (κ3) is 2.33. The second-order valence-corrected chi connectivity index (χ2v) is 4.51. The van der Waals surface area contributed by atoms with Crippen LogP contribution < -0.4 is 10.1 Å². The molecule has 1 aromatic carbocycles. The molecule has 3 rings (SSSR count). The lowest BCUT2D eigenvalue weighted by Gasteiger charge is -2.27. The van der Waals surface area contributed by atoms with E-state index in [2.05, 4.69) is 34.3 Å². The van der Waals surface area contributed by atoms with Gasteiger partial charge in [-0.25, -0.2) is 9.97 Å². The topological polar surface area (TPSA) is 47.0 Å². The molecule has 0 saturated carbocycles. The van der Waals surface area contributed by atoms with Crippen LogP contribution in [0.4, 0.5) is 0 Å². The first-order valence-corrected chi connectivity index (χ1v) is 6.08. The summed E-state index contributed by atoms with van der Waals surface area (Å²) in [7, 11) is 0. The maximum Gasteiger partial charge on any atom is 0.159 e. The van der Waals surface area contributed by atoms with Gasteiger partial charge in [0.15, 0.2) is 11.6 Å². The summed E-state index contributed by atoms with van der Waals surface area (Å²) < 4.78 is 5.68. The van der Waals surface area contributed by atoms with E-state index < -0.39 is 0 Å². The Hall–Kier alpha value is -1.94. The maximum atomic E-state index is 5.68. The monoisotopic (exact) mass is 241 g/mol. The summed E-state index contributed by atoms with van der Waals surface area (Å²) >= 11 is 0. The molecule has 1 saturated heterocycles. The van der Waals surface area contributed by atoms with Crippen LogP contribution in [-0.4, -0.2) is 29.2 Å². The van der Waals surface area contributed by atoms with Crippen LogP contribution in [0, 0.1) is 6.92 Å². The first-order valence-electron chi connectivity index (χ1n) is 6.08. The Kier molecular flexibility index (Phi) is 2.94. The smallest absolute Gasteiger partial charge is 0.159 e. The van der Waals surface area contributed by atoms with Crippen LogP contribution in [-0.2, 0) is 0 Å². The molecule has 1 N–H and O–H groups in total. The Morgan fingerprint density at radius 2 is 2.00 bits per heavy atom. The third-order valence-electron chi connectivity index (χ3n) is 2.95. The number of hydrogen-bond donors (Lipinski definition) is 1. The molecule has 2 heterocycles. The Bertz CT molecular complexity index is 535. The van der Waals surface area contributed by atoms with Crippen LogP contribution in [0.5, 0.6) is 5.75 Å². The summed E-state index contributed by atoms with van der Waals surface area (Å²) in [5, 5.41) is 3.16. The van der Waals surface area contributed by atoms with Gasteiger partial charge < -0.3 is 10.1 Å². The summed E-state index contributed by atoms with van der Waals surface area (Å²) in [4.78, 5) is 8.69. The van der Waals surface area contributed by atoms with Crippen LogP contribution >= 0.6 is 0 Å². The number of aromatic nitrogens is 2. The molecule has 0 amide bonds. The van der Waals surface area contributed by atoms with Crippen molar-refractivity contribution in [2.75, 3.05) is 13.1 Å². The molecular formula is C14H15N3O. The van der Waals surface area contributed by atoms with E-state index in [0.717, 1.165) is 30.2 Å². The molecule has 1 fully saturated rings. The zero-order chi connectivity index (χ0) is 12.4. The van der Waals surface area contributed by atoms with Gasteiger partial charge in [-0.15, -0.1) is 0 Å². The molecular weight excluding hydrogens is 226 g/mol. The van der Waals surface area contributed by atoms with Crippen molar-refractivity contribution in [2.45, 2.75) is 13.0 Å². The van der Waals surface area contributed by atoms with Gasteiger partial charge in [-0.1, -0.05) is 23.8 Å². The average Bonchev–Trinajstić information content (AvgIpc) is 2.35. The highest BCUT2D eigenvalue weighted by Crippen LogP contribution is 2.18. The van der Waals surface area contributed by atoms with Gasteiger partial charge in [0.25, 0.3) is 0 Å². The number of nitrogens with one attached hydrogen (secondary N) is 1. The molecule has 0 atom stereocenters. The Labute approximate surface area is 106 Å². The van der Waals surface area contributed by atoms with Crippen molar-refractivity contribution >= 4 is 0 Å². The second-order valence-electron chi connectivity index (χ2n) is 4.51. The minimum atomic E-state index is 0.262. The lowest BCUT2D eigenvalue weighted by molar-refractivity contribution is 0.141. The Morgan fingerprint density at radius 1 is 1.22 bits per heavy atom. The molecule has 0 aliphatic carbocycles. The minimum absolute atomic E-state index is 0.262. The number of ether oxygens (including phenoxy) is 1. The van der Waals surface area contributed by atoms with E-state index in [4.69, 9.17) is 4.74 Å². The lowest BCUT2D eigenvalue weighted by atomic mass is 10.1. The van der Waals surface area contributed by atoms with Crippen molar-refractivity contribution in [1.82, 2.24) is 15.3 Å². The van der Waals surface area contributed by atoms with Crippen LogP contribution in [0.15, 0.2) is 36.7 Å². The fourth-order valence-corrected chi connectivity index (χ4v) is 1.85. The van der Waals surface area contributed by atoms with E-state index in [1.54, 1.807) is 12.4 Å². The van der Waals surface area contributed by atoms with Crippen LogP contribution in [0.25, 0.3) is 11.4 Å². The van der Waals surface area contributed by atoms with Crippen LogP contribution in [0.3, 0.4) is 0 Å². The molecule has 0 unspecified atom stereocenters. The summed E-state index contributed by atoms with van der Waals surface area (Å²) in [5.74, 6) is 1.47. The summed E-state index contributed by atoms with van der Waals surface area (Å²) in [5.41, 5.74) is 2.24. The predicted octanol–water partition coefficient (Wildman–Crippen LogP) is 1.80. The second kappa shape index (κ2) is 4.74. The summed E-state index contributed by atoms with van der Waals surface area (Å²) in [6.07, 6.45) is 3.74.